The lowest BCUT2D eigenvalue weighted by Crippen LogP contribution is -2.32. The molecule has 106 valence electrons. The summed E-state index contributed by atoms with van der Waals surface area (Å²) in [5, 5.41) is 0. The lowest BCUT2D eigenvalue weighted by atomic mass is 9.97. The van der Waals surface area contributed by atoms with Gasteiger partial charge in [-0.2, -0.15) is 0 Å². The zero-order valence-electron chi connectivity index (χ0n) is 10.7. The Morgan fingerprint density at radius 2 is 1.84 bits per heavy atom. The van der Waals surface area contributed by atoms with Crippen LogP contribution in [0.5, 0.6) is 0 Å². The van der Waals surface area contributed by atoms with Gasteiger partial charge in [-0.1, -0.05) is 6.42 Å². The highest BCUT2D eigenvalue weighted by Crippen LogP contribution is 2.30. The maximum absolute atomic E-state index is 12.8. The van der Waals surface area contributed by atoms with Gasteiger partial charge in [-0.15, -0.1) is 0 Å². The van der Waals surface area contributed by atoms with Crippen molar-refractivity contribution in [2.75, 3.05) is 13.1 Å². The highest BCUT2D eigenvalue weighted by atomic mass is 32.2. The molecule has 1 aromatic rings. The summed E-state index contributed by atoms with van der Waals surface area (Å²) in [6.07, 6.45) is 3.18. The molecule has 0 spiro atoms. The van der Waals surface area contributed by atoms with Crippen LogP contribution in [-0.2, 0) is 10.0 Å². The van der Waals surface area contributed by atoms with Gasteiger partial charge in [0.2, 0.25) is 10.0 Å². The number of benzene rings is 1. The zero-order chi connectivity index (χ0) is 13.9. The summed E-state index contributed by atoms with van der Waals surface area (Å²) in [6, 6.07) is 4.83. The van der Waals surface area contributed by atoms with Gasteiger partial charge in [-0.25, -0.2) is 17.5 Å². The normalized spacial score (nSPS) is 23.7. The van der Waals surface area contributed by atoms with Crippen LogP contribution < -0.4 is 10.5 Å². The lowest BCUT2D eigenvalue weighted by Gasteiger charge is -2.18. The maximum Gasteiger partial charge on any atom is 0.240 e. The molecule has 0 amide bonds. The van der Waals surface area contributed by atoms with E-state index in [9.17, 15) is 12.8 Å². The first kappa shape index (κ1) is 14.4. The standard InChI is InChI=1S/C13H19FN2O2S/c14-12-4-6-13(7-5-12)19(17,18)16-9-11-3-1-2-10(11)8-15/h4-7,10-11,16H,1-3,8-9,15H2. The topological polar surface area (TPSA) is 72.2 Å². The van der Waals surface area contributed by atoms with Crippen LogP contribution in [0.1, 0.15) is 19.3 Å². The van der Waals surface area contributed by atoms with Crippen molar-refractivity contribution in [1.82, 2.24) is 4.72 Å². The van der Waals surface area contributed by atoms with E-state index >= 15 is 0 Å². The molecule has 0 bridgehead atoms. The van der Waals surface area contributed by atoms with E-state index in [4.69, 9.17) is 5.73 Å². The molecule has 6 heteroatoms. The quantitative estimate of drug-likeness (QED) is 0.861. The molecular weight excluding hydrogens is 267 g/mol. The molecule has 1 saturated carbocycles. The number of rotatable bonds is 5. The van der Waals surface area contributed by atoms with Crippen molar-refractivity contribution in [1.29, 1.82) is 0 Å². The highest BCUT2D eigenvalue weighted by Gasteiger charge is 2.27. The average Bonchev–Trinajstić information content (AvgIpc) is 2.84. The van der Waals surface area contributed by atoms with E-state index in [2.05, 4.69) is 4.72 Å². The third-order valence-corrected chi connectivity index (χ3v) is 5.22. The van der Waals surface area contributed by atoms with Gasteiger partial charge in [0.15, 0.2) is 0 Å². The Balaban J connectivity index is 2.00. The van der Waals surface area contributed by atoms with Crippen molar-refractivity contribution in [3.63, 3.8) is 0 Å². The first-order valence-electron chi connectivity index (χ1n) is 6.48. The van der Waals surface area contributed by atoms with Crippen LogP contribution >= 0.6 is 0 Å². The SMILES string of the molecule is NCC1CCCC1CNS(=O)(=O)c1ccc(F)cc1. The first-order chi connectivity index (χ1) is 9.03. The molecule has 1 aliphatic rings. The second kappa shape index (κ2) is 5.98. The van der Waals surface area contributed by atoms with Crippen molar-refractivity contribution in [2.24, 2.45) is 17.6 Å². The van der Waals surface area contributed by atoms with Gasteiger partial charge in [-0.3, -0.25) is 0 Å². The van der Waals surface area contributed by atoms with Crippen LogP contribution in [0.25, 0.3) is 0 Å². The summed E-state index contributed by atoms with van der Waals surface area (Å²) in [7, 11) is -3.55. The monoisotopic (exact) mass is 286 g/mol. The minimum Gasteiger partial charge on any atom is -0.330 e. The Bertz CT molecular complexity index is 516. The van der Waals surface area contributed by atoms with Crippen molar-refractivity contribution in [3.8, 4) is 0 Å². The van der Waals surface area contributed by atoms with Gasteiger partial charge in [-0.05, 0) is 55.5 Å². The Labute approximate surface area is 113 Å². The van der Waals surface area contributed by atoms with Crippen LogP contribution in [0.3, 0.4) is 0 Å². The summed E-state index contributed by atoms with van der Waals surface area (Å²) < 4.78 is 39.4. The molecule has 2 rings (SSSR count). The fourth-order valence-corrected chi connectivity index (χ4v) is 3.70. The molecule has 19 heavy (non-hydrogen) atoms. The van der Waals surface area contributed by atoms with E-state index in [1.54, 1.807) is 0 Å². The van der Waals surface area contributed by atoms with Gasteiger partial charge in [0.25, 0.3) is 0 Å². The Kier molecular flexibility index (Phi) is 4.54. The summed E-state index contributed by atoms with van der Waals surface area (Å²) in [6.45, 7) is 1.00. The fourth-order valence-electron chi connectivity index (χ4n) is 2.61. The Morgan fingerprint density at radius 3 is 2.47 bits per heavy atom. The van der Waals surface area contributed by atoms with E-state index in [-0.39, 0.29) is 4.90 Å². The molecule has 0 radical (unpaired) electrons. The van der Waals surface area contributed by atoms with Crippen molar-refractivity contribution in [3.05, 3.63) is 30.1 Å². The van der Waals surface area contributed by atoms with Crippen LogP contribution in [0, 0.1) is 17.7 Å². The van der Waals surface area contributed by atoms with Gasteiger partial charge in [0, 0.05) is 6.54 Å². The van der Waals surface area contributed by atoms with E-state index in [0.717, 1.165) is 31.4 Å². The number of sulfonamides is 1. The van der Waals surface area contributed by atoms with Gasteiger partial charge in [0.05, 0.1) is 4.90 Å². The number of halogens is 1. The maximum atomic E-state index is 12.8. The molecule has 0 heterocycles. The molecule has 1 aromatic carbocycles. The predicted octanol–water partition coefficient (Wildman–Crippen LogP) is 1.48. The summed E-state index contributed by atoms with van der Waals surface area (Å²) in [5.74, 6) is 0.258. The molecule has 4 nitrogen and oxygen atoms in total. The zero-order valence-corrected chi connectivity index (χ0v) is 11.5. The predicted molar refractivity (Wildman–Crippen MR) is 71.5 cm³/mol. The number of hydrogen-bond acceptors (Lipinski definition) is 3. The summed E-state index contributed by atoms with van der Waals surface area (Å²) in [5.41, 5.74) is 5.67. The molecule has 2 atom stereocenters. The third kappa shape index (κ3) is 3.52. The van der Waals surface area contributed by atoms with Gasteiger partial charge in [0.1, 0.15) is 5.82 Å². The summed E-state index contributed by atoms with van der Waals surface area (Å²) >= 11 is 0. The molecule has 1 aliphatic carbocycles. The largest absolute Gasteiger partial charge is 0.330 e. The van der Waals surface area contributed by atoms with Crippen LogP contribution in [0.2, 0.25) is 0 Å². The smallest absolute Gasteiger partial charge is 0.240 e. The molecule has 0 aromatic heterocycles. The van der Waals surface area contributed by atoms with Gasteiger partial charge >= 0.3 is 0 Å². The minimum atomic E-state index is -3.55. The van der Waals surface area contributed by atoms with Crippen LogP contribution in [0.15, 0.2) is 29.2 Å². The van der Waals surface area contributed by atoms with E-state index in [1.165, 1.54) is 12.1 Å². The number of hydrogen-bond donors (Lipinski definition) is 2. The molecule has 1 fully saturated rings. The Morgan fingerprint density at radius 1 is 1.21 bits per heavy atom. The minimum absolute atomic E-state index is 0.0937. The second-order valence-electron chi connectivity index (χ2n) is 4.99. The number of nitrogens with two attached hydrogens (primary N) is 1. The molecule has 3 N–H and O–H groups in total. The highest BCUT2D eigenvalue weighted by molar-refractivity contribution is 7.89. The molecule has 0 aliphatic heterocycles. The van der Waals surface area contributed by atoms with Crippen LogP contribution in [0.4, 0.5) is 4.39 Å². The average molecular weight is 286 g/mol. The second-order valence-corrected chi connectivity index (χ2v) is 6.76. The molecular formula is C13H19FN2O2S. The van der Waals surface area contributed by atoms with E-state index in [1.807, 2.05) is 0 Å². The number of nitrogens with one attached hydrogen (secondary N) is 1. The molecule has 0 saturated heterocycles. The van der Waals surface area contributed by atoms with Crippen molar-refractivity contribution >= 4 is 10.0 Å². The van der Waals surface area contributed by atoms with Crippen molar-refractivity contribution in [2.45, 2.75) is 24.2 Å². The van der Waals surface area contributed by atoms with Crippen molar-refractivity contribution < 1.29 is 12.8 Å². The fraction of sp³-hybridized carbons (Fsp3) is 0.538. The lowest BCUT2D eigenvalue weighted by molar-refractivity contribution is 0.393. The van der Waals surface area contributed by atoms with Crippen LogP contribution in [-0.4, -0.2) is 21.5 Å². The molecule has 2 unspecified atom stereocenters. The summed E-state index contributed by atoms with van der Waals surface area (Å²) in [4.78, 5) is 0.0937. The van der Waals surface area contributed by atoms with Gasteiger partial charge < -0.3 is 5.73 Å². The Hall–Kier alpha value is -0.980. The van der Waals surface area contributed by atoms with E-state index in [0.29, 0.717) is 24.9 Å². The third-order valence-electron chi connectivity index (χ3n) is 3.78. The van der Waals surface area contributed by atoms with E-state index < -0.39 is 15.8 Å². The first-order valence-corrected chi connectivity index (χ1v) is 7.96.